The Morgan fingerprint density at radius 2 is 2.30 bits per heavy atom. The molecule has 1 N–H and O–H groups in total. The molecule has 1 aromatic heterocycles. The molecule has 0 atom stereocenters. The molecule has 0 aliphatic heterocycles. The van der Waals surface area contributed by atoms with Gasteiger partial charge in [-0.1, -0.05) is 18.3 Å². The highest BCUT2D eigenvalue weighted by molar-refractivity contribution is 7.22. The normalized spacial score (nSPS) is 10.5. The van der Waals surface area contributed by atoms with Gasteiger partial charge >= 0.3 is 0 Å². The number of hydrogen-bond donors (Lipinski definition) is 1. The molecule has 2 rings (SSSR count). The maximum Gasteiger partial charge on any atom is 0.274 e. The molecule has 1 amide bonds. The van der Waals surface area contributed by atoms with E-state index in [0.717, 1.165) is 6.42 Å². The summed E-state index contributed by atoms with van der Waals surface area (Å²) in [6.07, 6.45) is 1.15. The summed E-state index contributed by atoms with van der Waals surface area (Å²) in [5.41, 5.74) is 0.444. The molecule has 7 nitrogen and oxygen atoms in total. The topological polar surface area (TPSA) is 94.4 Å². The van der Waals surface area contributed by atoms with E-state index in [0.29, 0.717) is 27.5 Å². The van der Waals surface area contributed by atoms with Crippen molar-refractivity contribution in [3.05, 3.63) is 22.2 Å². The van der Waals surface area contributed by atoms with Crippen molar-refractivity contribution in [2.75, 3.05) is 12.4 Å². The molecule has 1 aromatic carbocycles. The van der Waals surface area contributed by atoms with E-state index >= 15 is 0 Å². The minimum atomic E-state index is -0.489. The maximum absolute atomic E-state index is 11.5. The molecule has 2 aromatic rings. The number of thiazole rings is 1. The van der Waals surface area contributed by atoms with E-state index in [2.05, 4.69) is 10.3 Å². The number of anilines is 1. The highest BCUT2D eigenvalue weighted by Crippen LogP contribution is 2.36. The number of carbonyl (C=O) groups excluding carboxylic acids is 1. The first-order chi connectivity index (χ1) is 9.55. The molecule has 8 heteroatoms. The summed E-state index contributed by atoms with van der Waals surface area (Å²) in [6, 6.07) is 2.74. The van der Waals surface area contributed by atoms with Crippen molar-refractivity contribution < 1.29 is 14.5 Å². The number of nitro groups is 1. The first-order valence-electron chi connectivity index (χ1n) is 5.98. The third kappa shape index (κ3) is 2.85. The first-order valence-corrected chi connectivity index (χ1v) is 6.79. The van der Waals surface area contributed by atoms with Gasteiger partial charge in [0.15, 0.2) is 10.9 Å². The van der Waals surface area contributed by atoms with Gasteiger partial charge in [0.25, 0.3) is 5.69 Å². The van der Waals surface area contributed by atoms with Crippen LogP contribution in [0.3, 0.4) is 0 Å². The van der Waals surface area contributed by atoms with Crippen LogP contribution in [0.5, 0.6) is 5.75 Å². The maximum atomic E-state index is 11.5. The van der Waals surface area contributed by atoms with Gasteiger partial charge in [0.2, 0.25) is 5.91 Å². The fourth-order valence-corrected chi connectivity index (χ4v) is 2.64. The van der Waals surface area contributed by atoms with Crippen LogP contribution in [0.15, 0.2) is 12.1 Å². The van der Waals surface area contributed by atoms with Gasteiger partial charge in [-0.2, -0.15) is 0 Å². The molecule has 0 fully saturated rings. The number of carbonyl (C=O) groups is 1. The average molecular weight is 295 g/mol. The molecule has 0 saturated carbocycles. The number of rotatable bonds is 5. The fourth-order valence-electron chi connectivity index (χ4n) is 1.71. The number of aromatic nitrogens is 1. The second kappa shape index (κ2) is 5.83. The van der Waals surface area contributed by atoms with Gasteiger partial charge in [-0.25, -0.2) is 4.98 Å². The molecule has 20 heavy (non-hydrogen) atoms. The van der Waals surface area contributed by atoms with Crippen molar-refractivity contribution in [1.82, 2.24) is 4.98 Å². The Labute approximate surface area is 118 Å². The van der Waals surface area contributed by atoms with Crippen LogP contribution >= 0.6 is 11.3 Å². The Kier molecular flexibility index (Phi) is 4.14. The van der Waals surface area contributed by atoms with E-state index < -0.39 is 4.92 Å². The Balaban J connectivity index is 2.42. The van der Waals surface area contributed by atoms with Gasteiger partial charge in [0.05, 0.1) is 22.8 Å². The van der Waals surface area contributed by atoms with Crippen LogP contribution in [0.4, 0.5) is 10.8 Å². The Hall–Kier alpha value is -2.22. The molecule has 0 aliphatic rings. The highest BCUT2D eigenvalue weighted by atomic mass is 32.1. The Morgan fingerprint density at radius 1 is 1.55 bits per heavy atom. The van der Waals surface area contributed by atoms with Crippen LogP contribution in [0, 0.1) is 10.1 Å². The van der Waals surface area contributed by atoms with E-state index in [-0.39, 0.29) is 11.6 Å². The number of fused-ring (bicyclic) bond motifs is 1. The lowest BCUT2D eigenvalue weighted by atomic mass is 10.3. The van der Waals surface area contributed by atoms with Crippen molar-refractivity contribution >= 4 is 38.3 Å². The fraction of sp³-hybridized carbons (Fsp3) is 0.333. The minimum absolute atomic E-state index is 0.0653. The quantitative estimate of drug-likeness (QED) is 0.676. The molecular formula is C12H13N3O4S. The number of methoxy groups -OCH3 is 1. The molecule has 0 spiro atoms. The lowest BCUT2D eigenvalue weighted by Gasteiger charge is -2.00. The monoisotopic (exact) mass is 295 g/mol. The lowest BCUT2D eigenvalue weighted by Crippen LogP contribution is -2.09. The summed E-state index contributed by atoms with van der Waals surface area (Å²) in [7, 11) is 1.42. The molecular weight excluding hydrogens is 282 g/mol. The van der Waals surface area contributed by atoms with Gasteiger partial charge < -0.3 is 10.1 Å². The van der Waals surface area contributed by atoms with Gasteiger partial charge in [-0.05, 0) is 6.42 Å². The van der Waals surface area contributed by atoms with E-state index in [4.69, 9.17) is 4.74 Å². The van der Waals surface area contributed by atoms with Gasteiger partial charge in [-0.3, -0.25) is 14.9 Å². The summed E-state index contributed by atoms with van der Waals surface area (Å²) in [4.78, 5) is 26.1. The first kappa shape index (κ1) is 14.2. The standard InChI is InChI=1S/C12H13N3O4S/c1-3-4-10(16)13-12-14-11-8(19-2)5-7(15(17)18)6-9(11)20-12/h5-6H,3-4H2,1-2H3,(H,13,14,16). The minimum Gasteiger partial charge on any atom is -0.494 e. The Morgan fingerprint density at radius 3 is 2.90 bits per heavy atom. The molecule has 0 saturated heterocycles. The van der Waals surface area contributed by atoms with Gasteiger partial charge in [0.1, 0.15) is 5.52 Å². The molecule has 0 aliphatic carbocycles. The summed E-state index contributed by atoms with van der Waals surface area (Å²) >= 11 is 1.19. The van der Waals surface area contributed by atoms with E-state index in [1.807, 2.05) is 6.92 Å². The largest absolute Gasteiger partial charge is 0.494 e. The average Bonchev–Trinajstić information content (AvgIpc) is 2.79. The van der Waals surface area contributed by atoms with Gasteiger partial charge in [0, 0.05) is 12.5 Å². The van der Waals surface area contributed by atoms with Crippen molar-refractivity contribution in [3.8, 4) is 5.75 Å². The molecule has 1 heterocycles. The van der Waals surface area contributed by atoms with Gasteiger partial charge in [-0.15, -0.1) is 0 Å². The number of benzene rings is 1. The number of hydrogen-bond acceptors (Lipinski definition) is 6. The zero-order chi connectivity index (χ0) is 14.7. The second-order valence-electron chi connectivity index (χ2n) is 4.07. The third-order valence-corrected chi connectivity index (χ3v) is 3.52. The molecule has 0 radical (unpaired) electrons. The summed E-state index contributed by atoms with van der Waals surface area (Å²) in [5.74, 6) is 0.196. The van der Waals surface area contributed by atoms with E-state index in [1.165, 1.54) is 30.6 Å². The van der Waals surface area contributed by atoms with E-state index in [1.54, 1.807) is 0 Å². The molecule has 0 unspecified atom stereocenters. The molecule has 0 bridgehead atoms. The van der Waals surface area contributed by atoms with Crippen LogP contribution in [-0.2, 0) is 4.79 Å². The summed E-state index contributed by atoms with van der Waals surface area (Å²) in [5, 5.41) is 13.9. The predicted octanol–water partition coefficient (Wildman–Crippen LogP) is 2.95. The van der Waals surface area contributed by atoms with Crippen LogP contribution in [0.1, 0.15) is 19.8 Å². The molecule has 106 valence electrons. The summed E-state index contributed by atoms with van der Waals surface area (Å²) in [6.45, 7) is 1.91. The van der Waals surface area contributed by atoms with Crippen molar-refractivity contribution in [1.29, 1.82) is 0 Å². The zero-order valence-electron chi connectivity index (χ0n) is 11.0. The summed E-state index contributed by atoms with van der Waals surface area (Å²) < 4.78 is 5.71. The second-order valence-corrected chi connectivity index (χ2v) is 5.10. The van der Waals surface area contributed by atoms with Crippen LogP contribution < -0.4 is 10.1 Å². The number of nitrogens with zero attached hydrogens (tertiary/aromatic N) is 2. The SMILES string of the molecule is CCCC(=O)Nc1nc2c(OC)cc([N+](=O)[O-])cc2s1. The smallest absolute Gasteiger partial charge is 0.274 e. The predicted molar refractivity (Wildman–Crippen MR) is 76.4 cm³/mol. The highest BCUT2D eigenvalue weighted by Gasteiger charge is 2.17. The third-order valence-electron chi connectivity index (χ3n) is 2.60. The zero-order valence-corrected chi connectivity index (χ0v) is 11.8. The van der Waals surface area contributed by atoms with Crippen molar-refractivity contribution in [2.45, 2.75) is 19.8 Å². The van der Waals surface area contributed by atoms with Crippen molar-refractivity contribution in [2.24, 2.45) is 0 Å². The van der Waals surface area contributed by atoms with E-state index in [9.17, 15) is 14.9 Å². The number of non-ortho nitro benzene ring substituents is 1. The number of amides is 1. The number of nitrogens with one attached hydrogen (secondary N) is 1. The number of ether oxygens (including phenoxy) is 1. The van der Waals surface area contributed by atoms with Crippen LogP contribution in [0.25, 0.3) is 10.2 Å². The van der Waals surface area contributed by atoms with Crippen LogP contribution in [-0.4, -0.2) is 22.9 Å². The number of nitro benzene ring substituents is 1. The van der Waals surface area contributed by atoms with Crippen LogP contribution in [0.2, 0.25) is 0 Å². The Bertz CT molecular complexity index is 668. The lowest BCUT2D eigenvalue weighted by molar-refractivity contribution is -0.384. The van der Waals surface area contributed by atoms with Crippen molar-refractivity contribution in [3.63, 3.8) is 0 Å².